The SMILES string of the molecule is CN(C)CCC=Cc1cc2nccc(Oc3ccc([N+](C)(C(=O)CC(N)=O)c4ccccc4)cc3F)c2s1. The molecular weight excluding hydrogens is 503 g/mol. The first-order valence-electron chi connectivity index (χ1n) is 12.1. The lowest BCUT2D eigenvalue weighted by Gasteiger charge is -2.30. The Morgan fingerprint density at radius 3 is 2.53 bits per heavy atom. The minimum atomic E-state index is -0.750. The summed E-state index contributed by atoms with van der Waals surface area (Å²) in [7, 11) is 5.68. The molecule has 196 valence electrons. The van der Waals surface area contributed by atoms with Crippen LogP contribution in [0.2, 0.25) is 0 Å². The molecule has 1 atom stereocenters. The molecule has 2 aromatic heterocycles. The van der Waals surface area contributed by atoms with Crippen molar-refractivity contribution in [2.24, 2.45) is 5.73 Å². The summed E-state index contributed by atoms with van der Waals surface area (Å²) in [6.45, 7) is 0.958. The number of thiophene rings is 1. The van der Waals surface area contributed by atoms with Crippen LogP contribution in [0.1, 0.15) is 17.7 Å². The number of primary amides is 1. The topological polar surface area (TPSA) is 85.5 Å². The van der Waals surface area contributed by atoms with Crippen LogP contribution in [-0.4, -0.2) is 49.4 Å². The van der Waals surface area contributed by atoms with Crippen LogP contribution < -0.4 is 15.0 Å². The zero-order chi connectivity index (χ0) is 27.3. The van der Waals surface area contributed by atoms with Crippen LogP contribution in [0.3, 0.4) is 0 Å². The number of benzene rings is 2. The van der Waals surface area contributed by atoms with Crippen LogP contribution in [0.15, 0.2) is 72.9 Å². The Kier molecular flexibility index (Phi) is 8.31. The second-order valence-electron chi connectivity index (χ2n) is 9.26. The van der Waals surface area contributed by atoms with E-state index in [4.69, 9.17) is 10.5 Å². The van der Waals surface area contributed by atoms with Crippen LogP contribution >= 0.6 is 11.3 Å². The van der Waals surface area contributed by atoms with Crippen molar-refractivity contribution < 1.29 is 18.7 Å². The predicted octanol–water partition coefficient (Wildman–Crippen LogP) is 5.86. The first-order valence-corrected chi connectivity index (χ1v) is 12.9. The number of aromatic nitrogens is 1. The Balaban J connectivity index is 1.64. The number of ether oxygens (including phenoxy) is 1. The summed E-state index contributed by atoms with van der Waals surface area (Å²) in [5, 5.41) is 0. The smallest absolute Gasteiger partial charge is 0.333 e. The number of amides is 2. The van der Waals surface area contributed by atoms with E-state index < -0.39 is 28.5 Å². The molecule has 4 rings (SSSR count). The number of carbonyl (C=O) groups is 2. The van der Waals surface area contributed by atoms with E-state index in [0.29, 0.717) is 17.1 Å². The van der Waals surface area contributed by atoms with Crippen molar-refractivity contribution in [2.75, 3.05) is 27.7 Å². The van der Waals surface area contributed by atoms with Crippen molar-refractivity contribution >= 4 is 50.8 Å². The molecule has 0 fully saturated rings. The van der Waals surface area contributed by atoms with Crippen LogP contribution in [0.5, 0.6) is 11.5 Å². The van der Waals surface area contributed by atoms with Gasteiger partial charge in [-0.1, -0.05) is 24.3 Å². The standard InChI is InChI=1S/C29H29FN4O3S/c1-33(2)16-8-7-11-22-18-24-29(38-22)26(14-15-32-24)37-25-13-12-21(17-23(25)30)34(3,28(36)19-27(31)35)20-9-5-4-6-10-20/h4-7,9-15,17-18H,8,16,19H2,1-3H3,(H-,31,35)/p+1. The predicted molar refractivity (Wildman–Crippen MR) is 151 cm³/mol. The van der Waals surface area contributed by atoms with Crippen molar-refractivity contribution in [3.8, 4) is 11.5 Å². The lowest BCUT2D eigenvalue weighted by molar-refractivity contribution is -0.131. The number of quaternary nitrogens is 1. The van der Waals surface area contributed by atoms with Crippen LogP contribution in [0.4, 0.5) is 15.8 Å². The highest BCUT2D eigenvalue weighted by Crippen LogP contribution is 2.39. The van der Waals surface area contributed by atoms with Crippen LogP contribution in [0, 0.1) is 5.82 Å². The van der Waals surface area contributed by atoms with E-state index in [9.17, 15) is 9.59 Å². The maximum absolute atomic E-state index is 15.4. The van der Waals surface area contributed by atoms with E-state index in [2.05, 4.69) is 22.0 Å². The average Bonchev–Trinajstić information content (AvgIpc) is 3.31. The van der Waals surface area contributed by atoms with E-state index in [1.165, 1.54) is 23.5 Å². The molecular formula is C29H30FN4O3S+. The van der Waals surface area contributed by atoms with Gasteiger partial charge in [-0.25, -0.2) is 9.18 Å². The summed E-state index contributed by atoms with van der Waals surface area (Å²) in [5.41, 5.74) is 6.99. The summed E-state index contributed by atoms with van der Waals surface area (Å²) in [6, 6.07) is 16.9. The molecule has 38 heavy (non-hydrogen) atoms. The van der Waals surface area contributed by atoms with Gasteiger partial charge in [0.1, 0.15) is 23.5 Å². The number of nitrogens with zero attached hydrogens (tertiary/aromatic N) is 3. The van der Waals surface area contributed by atoms with Gasteiger partial charge >= 0.3 is 5.91 Å². The molecule has 7 nitrogen and oxygen atoms in total. The summed E-state index contributed by atoms with van der Waals surface area (Å²) in [4.78, 5) is 32.3. The summed E-state index contributed by atoms with van der Waals surface area (Å²) in [6.07, 6.45) is 6.25. The second kappa shape index (κ2) is 11.6. The van der Waals surface area contributed by atoms with Crippen molar-refractivity contribution in [3.05, 3.63) is 83.6 Å². The fourth-order valence-electron chi connectivity index (χ4n) is 4.07. The molecule has 0 aliphatic carbocycles. The number of halogens is 1. The first kappa shape index (κ1) is 27.1. The molecule has 0 bridgehead atoms. The zero-order valence-electron chi connectivity index (χ0n) is 21.6. The zero-order valence-corrected chi connectivity index (χ0v) is 22.4. The third-order valence-electron chi connectivity index (χ3n) is 6.17. The van der Waals surface area contributed by atoms with Gasteiger partial charge in [0.2, 0.25) is 5.91 Å². The molecule has 1 unspecified atom stereocenters. The van der Waals surface area contributed by atoms with Crippen molar-refractivity contribution in [3.63, 3.8) is 0 Å². The van der Waals surface area contributed by atoms with Gasteiger partial charge in [-0.15, -0.1) is 11.3 Å². The quantitative estimate of drug-likeness (QED) is 0.204. The van der Waals surface area contributed by atoms with E-state index >= 15 is 4.39 Å². The monoisotopic (exact) mass is 533 g/mol. The second-order valence-corrected chi connectivity index (χ2v) is 10.3. The highest BCUT2D eigenvalue weighted by atomic mass is 32.1. The van der Waals surface area contributed by atoms with Crippen LogP contribution in [0.25, 0.3) is 16.3 Å². The highest BCUT2D eigenvalue weighted by molar-refractivity contribution is 7.20. The molecule has 2 N–H and O–H groups in total. The Morgan fingerprint density at radius 2 is 1.84 bits per heavy atom. The third-order valence-corrected chi connectivity index (χ3v) is 7.27. The van der Waals surface area contributed by atoms with Crippen molar-refractivity contribution in [1.82, 2.24) is 14.4 Å². The van der Waals surface area contributed by atoms with Gasteiger partial charge in [0.05, 0.1) is 17.3 Å². The molecule has 4 aromatic rings. The summed E-state index contributed by atoms with van der Waals surface area (Å²) < 4.78 is 21.8. The average molecular weight is 534 g/mol. The molecule has 0 saturated heterocycles. The fourth-order valence-corrected chi connectivity index (χ4v) is 5.06. The van der Waals surface area contributed by atoms with E-state index in [1.54, 1.807) is 49.6 Å². The largest absolute Gasteiger partial charge is 0.453 e. The maximum Gasteiger partial charge on any atom is 0.333 e. The van der Waals surface area contributed by atoms with Gasteiger partial charge in [0.15, 0.2) is 11.6 Å². The molecule has 0 spiro atoms. The molecule has 0 aliphatic rings. The fraction of sp³-hybridized carbons (Fsp3) is 0.207. The summed E-state index contributed by atoms with van der Waals surface area (Å²) in [5.74, 6) is -1.36. The molecule has 0 saturated carbocycles. The van der Waals surface area contributed by atoms with Gasteiger partial charge in [-0.3, -0.25) is 9.78 Å². The highest BCUT2D eigenvalue weighted by Gasteiger charge is 2.38. The lowest BCUT2D eigenvalue weighted by Crippen LogP contribution is -2.47. The number of hydrogen-bond donors (Lipinski definition) is 1. The van der Waals surface area contributed by atoms with Gasteiger partial charge in [-0.05, 0) is 38.7 Å². The number of para-hydroxylation sites is 1. The van der Waals surface area contributed by atoms with Gasteiger partial charge < -0.3 is 15.4 Å². The number of rotatable bonds is 10. The summed E-state index contributed by atoms with van der Waals surface area (Å²) >= 11 is 1.52. The molecule has 2 heterocycles. The molecule has 9 heteroatoms. The molecule has 2 aromatic carbocycles. The van der Waals surface area contributed by atoms with Gasteiger partial charge in [0, 0.05) is 48.0 Å². The van der Waals surface area contributed by atoms with Crippen molar-refractivity contribution in [2.45, 2.75) is 12.8 Å². The molecule has 0 aliphatic heterocycles. The first-order chi connectivity index (χ1) is 18.2. The Labute approximate surface area is 225 Å². The normalized spacial score (nSPS) is 13.2. The minimum absolute atomic E-state index is 0.0136. The Bertz CT molecular complexity index is 1490. The number of hydrogen-bond acceptors (Lipinski definition) is 6. The Hall–Kier alpha value is -3.92. The molecule has 2 amide bonds. The van der Waals surface area contributed by atoms with Gasteiger partial charge in [0.25, 0.3) is 0 Å². The molecule has 0 radical (unpaired) electrons. The van der Waals surface area contributed by atoms with E-state index in [1.807, 2.05) is 26.2 Å². The number of nitrogens with two attached hydrogens (primary N) is 1. The van der Waals surface area contributed by atoms with Gasteiger partial charge in [-0.2, -0.15) is 4.48 Å². The third kappa shape index (κ3) is 5.96. The number of pyridine rings is 1. The van der Waals surface area contributed by atoms with Crippen LogP contribution in [-0.2, 0) is 9.59 Å². The Morgan fingerprint density at radius 1 is 1.08 bits per heavy atom. The minimum Gasteiger partial charge on any atom is -0.453 e. The lowest BCUT2D eigenvalue weighted by atomic mass is 10.1. The van der Waals surface area contributed by atoms with E-state index in [-0.39, 0.29) is 5.75 Å². The van der Waals surface area contributed by atoms with Crippen molar-refractivity contribution in [1.29, 1.82) is 0 Å². The number of fused-ring (bicyclic) bond motifs is 1. The maximum atomic E-state index is 15.4. The number of carbonyl (C=O) groups excluding carboxylic acids is 2. The van der Waals surface area contributed by atoms with E-state index in [0.717, 1.165) is 28.1 Å².